The summed E-state index contributed by atoms with van der Waals surface area (Å²) in [5.41, 5.74) is 7.83. The standard InChI is InChI=1S/C24H47N5O6/c1-21(2)7-6-10-27-23(30)8-12-31-15-18-34-19-20-35-24(5,28-29-25)9-13-32-16-17-33-14-11-26-22(3)4/h6-7,21-22,26H,8-20H2,1-5H3,(H,27,30)/b7-6+. The van der Waals surface area contributed by atoms with Crippen LogP contribution in [0, 0.1) is 5.92 Å². The summed E-state index contributed by atoms with van der Waals surface area (Å²) < 4.78 is 27.6. The SMILES string of the molecule is CC(C)/C=C/CNC(=O)CCOCCOCCOC(C)(CCOCCOCCNC(C)C)N=[N+]=[N-]. The van der Waals surface area contributed by atoms with Gasteiger partial charge in [-0.3, -0.25) is 4.79 Å². The van der Waals surface area contributed by atoms with Crippen LogP contribution in [0.1, 0.15) is 47.5 Å². The maximum Gasteiger partial charge on any atom is 0.222 e. The van der Waals surface area contributed by atoms with E-state index in [0.29, 0.717) is 84.2 Å². The largest absolute Gasteiger partial charge is 0.379 e. The maximum atomic E-state index is 11.7. The van der Waals surface area contributed by atoms with Crippen molar-refractivity contribution in [2.45, 2.75) is 59.2 Å². The van der Waals surface area contributed by atoms with E-state index in [4.69, 9.17) is 29.2 Å². The van der Waals surface area contributed by atoms with Crippen LogP contribution in [-0.4, -0.2) is 90.2 Å². The van der Waals surface area contributed by atoms with Crippen LogP contribution in [0.4, 0.5) is 0 Å². The fraction of sp³-hybridized carbons (Fsp3) is 0.875. The summed E-state index contributed by atoms with van der Waals surface area (Å²) in [5.74, 6) is 0.431. The molecule has 0 radical (unpaired) electrons. The Kier molecular flexibility index (Phi) is 21.6. The predicted octanol–water partition coefficient (Wildman–Crippen LogP) is 3.20. The number of hydrogen-bond donors (Lipinski definition) is 2. The lowest BCUT2D eigenvalue weighted by molar-refractivity contribution is -0.122. The summed E-state index contributed by atoms with van der Waals surface area (Å²) in [4.78, 5) is 14.5. The van der Waals surface area contributed by atoms with Gasteiger partial charge in [0.25, 0.3) is 0 Å². The van der Waals surface area contributed by atoms with Crippen LogP contribution in [0.3, 0.4) is 0 Å². The number of allylic oxidation sites excluding steroid dienone is 1. The molecule has 0 aliphatic heterocycles. The Labute approximate surface area is 210 Å². The van der Waals surface area contributed by atoms with Gasteiger partial charge in [0.15, 0.2) is 0 Å². The molecule has 0 saturated carbocycles. The summed E-state index contributed by atoms with van der Waals surface area (Å²) in [7, 11) is 0. The minimum Gasteiger partial charge on any atom is -0.379 e. The molecule has 0 fully saturated rings. The average Bonchev–Trinajstić information content (AvgIpc) is 2.79. The first kappa shape index (κ1) is 33.3. The monoisotopic (exact) mass is 501 g/mol. The van der Waals surface area contributed by atoms with E-state index in [1.807, 2.05) is 12.2 Å². The van der Waals surface area contributed by atoms with Crippen LogP contribution < -0.4 is 10.6 Å². The Balaban J connectivity index is 3.72. The highest BCUT2D eigenvalue weighted by Gasteiger charge is 2.23. The Hall–Kier alpha value is -1.72. The molecule has 0 saturated heterocycles. The fourth-order valence-corrected chi connectivity index (χ4v) is 2.66. The molecule has 0 aromatic heterocycles. The van der Waals surface area contributed by atoms with Crippen LogP contribution in [0.25, 0.3) is 10.4 Å². The van der Waals surface area contributed by atoms with Crippen molar-refractivity contribution < 1.29 is 28.5 Å². The lowest BCUT2D eigenvalue weighted by Gasteiger charge is -2.24. The van der Waals surface area contributed by atoms with Crippen LogP contribution >= 0.6 is 0 Å². The Bertz CT molecular complexity index is 599. The topological polar surface area (TPSA) is 136 Å². The Morgan fingerprint density at radius 2 is 1.54 bits per heavy atom. The smallest absolute Gasteiger partial charge is 0.222 e. The van der Waals surface area contributed by atoms with Crippen LogP contribution in [0.2, 0.25) is 0 Å². The van der Waals surface area contributed by atoms with Crippen molar-refractivity contribution in [2.24, 2.45) is 11.0 Å². The van der Waals surface area contributed by atoms with Gasteiger partial charge in [0.05, 0.1) is 52.9 Å². The van der Waals surface area contributed by atoms with E-state index in [1.54, 1.807) is 6.92 Å². The number of rotatable bonds is 24. The molecular weight excluding hydrogens is 454 g/mol. The van der Waals surface area contributed by atoms with E-state index >= 15 is 0 Å². The fourth-order valence-electron chi connectivity index (χ4n) is 2.66. The summed E-state index contributed by atoms with van der Waals surface area (Å²) >= 11 is 0. The molecular formula is C24H47N5O6. The minimum absolute atomic E-state index is 0.0412. The quantitative estimate of drug-likeness (QED) is 0.0681. The number of nitrogens with zero attached hydrogens (tertiary/aromatic N) is 3. The van der Waals surface area contributed by atoms with Gasteiger partial charge in [-0.1, -0.05) is 45.0 Å². The summed E-state index contributed by atoms with van der Waals surface area (Å²) in [6.07, 6.45) is 4.73. The lowest BCUT2D eigenvalue weighted by atomic mass is 10.2. The number of azide groups is 1. The predicted molar refractivity (Wildman–Crippen MR) is 136 cm³/mol. The van der Waals surface area contributed by atoms with Gasteiger partial charge in [0.1, 0.15) is 5.72 Å². The number of carbonyl (C=O) groups is 1. The molecule has 0 aliphatic carbocycles. The molecule has 0 rings (SSSR count). The zero-order chi connectivity index (χ0) is 26.2. The van der Waals surface area contributed by atoms with E-state index in [0.717, 1.165) is 6.54 Å². The molecule has 0 aromatic carbocycles. The van der Waals surface area contributed by atoms with E-state index in [9.17, 15) is 4.79 Å². The molecule has 35 heavy (non-hydrogen) atoms. The van der Waals surface area contributed by atoms with E-state index in [2.05, 4.69) is 48.4 Å². The molecule has 2 N–H and O–H groups in total. The van der Waals surface area contributed by atoms with Gasteiger partial charge in [-0.25, -0.2) is 0 Å². The first-order valence-corrected chi connectivity index (χ1v) is 12.5. The first-order chi connectivity index (χ1) is 16.8. The van der Waals surface area contributed by atoms with E-state index < -0.39 is 5.72 Å². The Morgan fingerprint density at radius 3 is 2.17 bits per heavy atom. The minimum atomic E-state index is -1.01. The summed E-state index contributed by atoms with van der Waals surface area (Å²) in [6, 6.07) is 0.443. The molecule has 1 amide bonds. The molecule has 0 aromatic rings. The molecule has 0 heterocycles. The van der Waals surface area contributed by atoms with Gasteiger partial charge < -0.3 is 34.3 Å². The summed E-state index contributed by atoms with van der Waals surface area (Å²) in [6.45, 7) is 15.1. The van der Waals surface area contributed by atoms with Crippen molar-refractivity contribution in [2.75, 3.05) is 72.6 Å². The summed E-state index contributed by atoms with van der Waals surface area (Å²) in [5, 5.41) is 9.84. The van der Waals surface area contributed by atoms with Gasteiger partial charge in [-0.05, 0) is 18.4 Å². The van der Waals surface area contributed by atoms with E-state index in [1.165, 1.54) is 0 Å². The second-order valence-electron chi connectivity index (χ2n) is 8.75. The molecule has 11 nitrogen and oxygen atoms in total. The van der Waals surface area contributed by atoms with Crippen molar-refractivity contribution in [1.29, 1.82) is 0 Å². The normalized spacial score (nSPS) is 13.3. The number of nitrogens with one attached hydrogen (secondary N) is 2. The van der Waals surface area contributed by atoms with Gasteiger partial charge in [-0.15, -0.1) is 0 Å². The van der Waals surface area contributed by atoms with Crippen molar-refractivity contribution in [3.63, 3.8) is 0 Å². The third-order valence-electron chi connectivity index (χ3n) is 4.56. The first-order valence-electron chi connectivity index (χ1n) is 12.5. The molecule has 0 aliphatic rings. The van der Waals surface area contributed by atoms with Crippen molar-refractivity contribution in [3.8, 4) is 0 Å². The van der Waals surface area contributed by atoms with Gasteiger partial charge in [0, 0.05) is 43.5 Å². The zero-order valence-corrected chi connectivity index (χ0v) is 22.3. The van der Waals surface area contributed by atoms with Crippen LogP contribution in [-0.2, 0) is 28.5 Å². The van der Waals surface area contributed by atoms with Crippen molar-refractivity contribution in [1.82, 2.24) is 10.6 Å². The third kappa shape index (κ3) is 23.8. The molecule has 0 bridgehead atoms. The van der Waals surface area contributed by atoms with Gasteiger partial charge >= 0.3 is 0 Å². The van der Waals surface area contributed by atoms with E-state index in [-0.39, 0.29) is 12.5 Å². The highest BCUT2D eigenvalue weighted by molar-refractivity contribution is 5.76. The molecule has 1 atom stereocenters. The second kappa shape index (κ2) is 22.7. The molecule has 1 unspecified atom stereocenters. The van der Waals surface area contributed by atoms with Crippen LogP contribution in [0.15, 0.2) is 17.3 Å². The van der Waals surface area contributed by atoms with Gasteiger partial charge in [-0.2, -0.15) is 0 Å². The number of amides is 1. The number of hydrogen-bond acceptors (Lipinski definition) is 8. The molecule has 11 heteroatoms. The van der Waals surface area contributed by atoms with Crippen LogP contribution in [0.5, 0.6) is 0 Å². The van der Waals surface area contributed by atoms with Gasteiger partial charge in [0.2, 0.25) is 5.91 Å². The zero-order valence-electron chi connectivity index (χ0n) is 22.3. The maximum absolute atomic E-state index is 11.7. The van der Waals surface area contributed by atoms with Crippen molar-refractivity contribution in [3.05, 3.63) is 22.6 Å². The molecule has 204 valence electrons. The number of ether oxygens (including phenoxy) is 5. The lowest BCUT2D eigenvalue weighted by Crippen LogP contribution is -2.30. The third-order valence-corrected chi connectivity index (χ3v) is 4.56. The highest BCUT2D eigenvalue weighted by Crippen LogP contribution is 2.17. The second-order valence-corrected chi connectivity index (χ2v) is 8.75. The average molecular weight is 502 g/mol. The highest BCUT2D eigenvalue weighted by atomic mass is 16.6. The number of carbonyl (C=O) groups excluding carboxylic acids is 1. The van der Waals surface area contributed by atoms with Crippen molar-refractivity contribution >= 4 is 5.91 Å². The molecule has 0 spiro atoms. The Morgan fingerprint density at radius 1 is 0.943 bits per heavy atom.